The van der Waals surface area contributed by atoms with E-state index in [-0.39, 0.29) is 24.8 Å². The second-order valence-corrected chi connectivity index (χ2v) is 5.24. The molecule has 0 amide bonds. The largest absolute Gasteiger partial charge is 0.395 e. The van der Waals surface area contributed by atoms with Crippen LogP contribution in [-0.4, -0.2) is 45.4 Å². The van der Waals surface area contributed by atoms with Crippen LogP contribution in [0.2, 0.25) is 0 Å². The third-order valence-corrected chi connectivity index (χ3v) is 3.79. The molecule has 0 unspecified atom stereocenters. The molecule has 10 heteroatoms. The van der Waals surface area contributed by atoms with E-state index in [4.69, 9.17) is 5.73 Å². The minimum Gasteiger partial charge on any atom is -0.395 e. The molecule has 0 saturated carbocycles. The lowest BCUT2D eigenvalue weighted by Gasteiger charge is -2.01. The average Bonchev–Trinajstić information content (AvgIpc) is 3.13. The number of rotatable bonds is 3. The third kappa shape index (κ3) is 1.90. The maximum absolute atomic E-state index is 12.4. The fraction of sp³-hybridized carbons (Fsp3) is 0.214. The van der Waals surface area contributed by atoms with Gasteiger partial charge in [-0.2, -0.15) is 9.50 Å². The molecule has 3 N–H and O–H groups in total. The SMILES string of the molecule is Cn1c(=O)n(CCO)c2nc(N)n3nc(-c4ccccn4)nc3c21. The van der Waals surface area contributed by atoms with Gasteiger partial charge in [0.25, 0.3) is 0 Å². The van der Waals surface area contributed by atoms with Crippen LogP contribution in [-0.2, 0) is 13.6 Å². The van der Waals surface area contributed by atoms with Crippen LogP contribution < -0.4 is 11.4 Å². The number of nitrogens with zero attached hydrogens (tertiary/aromatic N) is 7. The molecule has 0 aromatic carbocycles. The maximum atomic E-state index is 12.4. The number of hydrogen-bond acceptors (Lipinski definition) is 7. The molecule has 0 aliphatic rings. The number of aromatic nitrogens is 7. The van der Waals surface area contributed by atoms with E-state index >= 15 is 0 Å². The third-order valence-electron chi connectivity index (χ3n) is 3.79. The van der Waals surface area contributed by atoms with Crippen molar-refractivity contribution in [3.8, 4) is 11.5 Å². The summed E-state index contributed by atoms with van der Waals surface area (Å²) >= 11 is 0. The summed E-state index contributed by atoms with van der Waals surface area (Å²) in [5.74, 6) is 0.489. The summed E-state index contributed by atoms with van der Waals surface area (Å²) in [5.41, 5.74) is 7.54. The van der Waals surface area contributed by atoms with Crippen molar-refractivity contribution in [2.45, 2.75) is 6.54 Å². The van der Waals surface area contributed by atoms with Crippen LogP contribution in [0.25, 0.3) is 28.3 Å². The quantitative estimate of drug-likeness (QED) is 0.515. The van der Waals surface area contributed by atoms with Gasteiger partial charge in [-0.3, -0.25) is 14.1 Å². The molecule has 4 aromatic rings. The molecule has 4 rings (SSSR count). The first-order chi connectivity index (χ1) is 11.6. The zero-order valence-corrected chi connectivity index (χ0v) is 12.8. The van der Waals surface area contributed by atoms with Crippen molar-refractivity contribution in [3.63, 3.8) is 0 Å². The van der Waals surface area contributed by atoms with Gasteiger partial charge in [0, 0.05) is 13.2 Å². The van der Waals surface area contributed by atoms with Gasteiger partial charge in [0.15, 0.2) is 11.3 Å². The zero-order valence-electron chi connectivity index (χ0n) is 12.8. The summed E-state index contributed by atoms with van der Waals surface area (Å²) in [5, 5.41) is 13.5. The summed E-state index contributed by atoms with van der Waals surface area (Å²) in [6.45, 7) is -0.0579. The Labute approximate surface area is 134 Å². The Kier molecular flexibility index (Phi) is 3.06. The van der Waals surface area contributed by atoms with Crippen molar-refractivity contribution in [2.24, 2.45) is 7.05 Å². The first kappa shape index (κ1) is 14.3. The molecule has 0 saturated heterocycles. The molecule has 122 valence electrons. The molecule has 4 heterocycles. The number of aliphatic hydroxyl groups is 1. The lowest BCUT2D eigenvalue weighted by atomic mass is 10.3. The lowest BCUT2D eigenvalue weighted by Crippen LogP contribution is -2.23. The summed E-state index contributed by atoms with van der Waals surface area (Å²) in [6.07, 6.45) is 1.64. The predicted molar refractivity (Wildman–Crippen MR) is 86.2 cm³/mol. The highest BCUT2D eigenvalue weighted by Crippen LogP contribution is 2.21. The summed E-state index contributed by atoms with van der Waals surface area (Å²) < 4.78 is 4.17. The van der Waals surface area contributed by atoms with Gasteiger partial charge >= 0.3 is 5.69 Å². The Hall–Kier alpha value is -3.27. The Morgan fingerprint density at radius 2 is 2.08 bits per heavy atom. The van der Waals surface area contributed by atoms with E-state index in [1.165, 1.54) is 13.6 Å². The molecule has 0 fully saturated rings. The Morgan fingerprint density at radius 1 is 1.25 bits per heavy atom. The minimum absolute atomic E-state index is 0.101. The molecule has 10 nitrogen and oxygen atoms in total. The van der Waals surface area contributed by atoms with E-state index in [1.54, 1.807) is 25.4 Å². The topological polar surface area (TPSA) is 129 Å². The standard InChI is InChI=1S/C14H14N8O2/c1-20-9-11(21(6-7-23)14(20)24)18-13(15)22-12(9)17-10(19-22)8-4-2-3-5-16-8/h2-5,23H,6-7H2,1H3,(H2,15,18). The van der Waals surface area contributed by atoms with Gasteiger partial charge < -0.3 is 10.8 Å². The van der Waals surface area contributed by atoms with Crippen LogP contribution in [0.1, 0.15) is 0 Å². The van der Waals surface area contributed by atoms with Crippen LogP contribution in [0.3, 0.4) is 0 Å². The van der Waals surface area contributed by atoms with Crippen LogP contribution in [0.5, 0.6) is 0 Å². The predicted octanol–water partition coefficient (Wildman–Crippen LogP) is -0.586. The van der Waals surface area contributed by atoms with Gasteiger partial charge in [0.05, 0.1) is 13.2 Å². The molecule has 0 spiro atoms. The van der Waals surface area contributed by atoms with E-state index in [2.05, 4.69) is 20.1 Å². The van der Waals surface area contributed by atoms with Gasteiger partial charge in [-0.1, -0.05) is 6.07 Å². The number of aryl methyl sites for hydroxylation is 1. The van der Waals surface area contributed by atoms with E-state index in [0.717, 1.165) is 0 Å². The van der Waals surface area contributed by atoms with Crippen molar-refractivity contribution < 1.29 is 5.11 Å². The van der Waals surface area contributed by atoms with Crippen LogP contribution >= 0.6 is 0 Å². The van der Waals surface area contributed by atoms with E-state index < -0.39 is 0 Å². The first-order valence-corrected chi connectivity index (χ1v) is 7.25. The molecule has 0 radical (unpaired) electrons. The van der Waals surface area contributed by atoms with Crippen molar-refractivity contribution >= 4 is 22.8 Å². The highest BCUT2D eigenvalue weighted by Gasteiger charge is 2.20. The number of aliphatic hydroxyl groups excluding tert-OH is 1. The van der Waals surface area contributed by atoms with Crippen LogP contribution in [0, 0.1) is 0 Å². The van der Waals surface area contributed by atoms with Gasteiger partial charge in [0.2, 0.25) is 11.8 Å². The second kappa shape index (κ2) is 5.13. The fourth-order valence-corrected chi connectivity index (χ4v) is 2.69. The Morgan fingerprint density at radius 3 is 2.79 bits per heavy atom. The monoisotopic (exact) mass is 326 g/mol. The molecule has 0 aliphatic heterocycles. The molecule has 0 aliphatic carbocycles. The summed E-state index contributed by atoms with van der Waals surface area (Å²) in [4.78, 5) is 25.3. The number of fused-ring (bicyclic) bond motifs is 3. The lowest BCUT2D eigenvalue weighted by molar-refractivity contribution is 0.275. The molecule has 4 aromatic heterocycles. The highest BCUT2D eigenvalue weighted by atomic mass is 16.3. The number of pyridine rings is 1. The maximum Gasteiger partial charge on any atom is 0.330 e. The number of anilines is 1. The van der Waals surface area contributed by atoms with Crippen molar-refractivity contribution in [1.29, 1.82) is 0 Å². The van der Waals surface area contributed by atoms with E-state index in [9.17, 15) is 9.90 Å². The Bertz CT molecular complexity index is 1110. The zero-order chi connectivity index (χ0) is 16.8. The Balaban J connectivity index is 2.10. The summed E-state index contributed by atoms with van der Waals surface area (Å²) in [7, 11) is 1.62. The molecular weight excluding hydrogens is 312 g/mol. The van der Waals surface area contributed by atoms with Crippen molar-refractivity contribution in [3.05, 3.63) is 34.9 Å². The highest BCUT2D eigenvalue weighted by molar-refractivity contribution is 5.88. The average molecular weight is 326 g/mol. The summed E-state index contributed by atoms with van der Waals surface area (Å²) in [6, 6.07) is 5.41. The smallest absolute Gasteiger partial charge is 0.330 e. The number of nitrogens with two attached hydrogens (primary N) is 1. The van der Waals surface area contributed by atoms with Gasteiger partial charge in [0.1, 0.15) is 11.2 Å². The van der Waals surface area contributed by atoms with Gasteiger partial charge in [-0.25, -0.2) is 9.78 Å². The molecular formula is C14H14N8O2. The van der Waals surface area contributed by atoms with Crippen LogP contribution in [0.15, 0.2) is 29.2 Å². The molecule has 24 heavy (non-hydrogen) atoms. The molecule has 0 bridgehead atoms. The number of imidazole rings is 1. The van der Waals surface area contributed by atoms with E-state index in [1.807, 2.05) is 6.07 Å². The fourth-order valence-electron chi connectivity index (χ4n) is 2.69. The van der Waals surface area contributed by atoms with E-state index in [0.29, 0.717) is 28.3 Å². The van der Waals surface area contributed by atoms with Gasteiger partial charge in [-0.15, -0.1) is 5.10 Å². The van der Waals surface area contributed by atoms with Crippen molar-refractivity contribution in [2.75, 3.05) is 12.3 Å². The number of nitrogen functional groups attached to an aromatic ring is 1. The molecule has 0 atom stereocenters. The second-order valence-electron chi connectivity index (χ2n) is 5.24. The van der Waals surface area contributed by atoms with Crippen LogP contribution in [0.4, 0.5) is 5.95 Å². The van der Waals surface area contributed by atoms with Crippen molar-refractivity contribution in [1.82, 2.24) is 33.7 Å². The normalized spacial score (nSPS) is 11.6. The van der Waals surface area contributed by atoms with Gasteiger partial charge in [-0.05, 0) is 12.1 Å². The number of hydrogen-bond donors (Lipinski definition) is 2. The first-order valence-electron chi connectivity index (χ1n) is 7.25. The minimum atomic E-state index is -0.304.